The second-order valence-corrected chi connectivity index (χ2v) is 5.80. The first-order valence-corrected chi connectivity index (χ1v) is 7.37. The lowest BCUT2D eigenvalue weighted by Gasteiger charge is -2.30. The van der Waals surface area contributed by atoms with Gasteiger partial charge in [0.1, 0.15) is 11.9 Å². The summed E-state index contributed by atoms with van der Waals surface area (Å²) in [7, 11) is 0. The summed E-state index contributed by atoms with van der Waals surface area (Å²) in [5.74, 6) is 1.16. The van der Waals surface area contributed by atoms with Crippen molar-refractivity contribution in [3.63, 3.8) is 0 Å². The lowest BCUT2D eigenvalue weighted by molar-refractivity contribution is -0.0286. The van der Waals surface area contributed by atoms with Crippen LogP contribution < -0.4 is 4.74 Å². The van der Waals surface area contributed by atoms with E-state index in [1.807, 2.05) is 18.2 Å². The molecule has 0 aromatic heterocycles. The lowest BCUT2D eigenvalue weighted by atomic mass is 9.82. The zero-order valence-electron chi connectivity index (χ0n) is 11.2. The van der Waals surface area contributed by atoms with Crippen LogP contribution in [0.15, 0.2) is 18.2 Å². The van der Waals surface area contributed by atoms with Crippen molar-refractivity contribution in [2.45, 2.75) is 50.7 Å². The zero-order chi connectivity index (χ0) is 13.2. The summed E-state index contributed by atoms with van der Waals surface area (Å²) in [6, 6.07) is 5.77. The third-order valence-corrected chi connectivity index (χ3v) is 4.51. The molecule has 1 aromatic rings. The third kappa shape index (κ3) is 2.63. The van der Waals surface area contributed by atoms with Crippen molar-refractivity contribution >= 4 is 0 Å². The summed E-state index contributed by atoms with van der Waals surface area (Å²) in [4.78, 5) is 0. The molecule has 0 bridgehead atoms. The van der Waals surface area contributed by atoms with Crippen LogP contribution in [0.3, 0.4) is 0 Å². The predicted molar refractivity (Wildman–Crippen MR) is 73.2 cm³/mol. The van der Waals surface area contributed by atoms with Gasteiger partial charge in [0.25, 0.3) is 0 Å². The molecule has 3 heteroatoms. The van der Waals surface area contributed by atoms with Gasteiger partial charge in [-0.25, -0.2) is 0 Å². The Kier molecular flexibility index (Phi) is 3.76. The highest BCUT2D eigenvalue weighted by atomic mass is 16.5. The van der Waals surface area contributed by atoms with Gasteiger partial charge >= 0.3 is 0 Å². The first kappa shape index (κ1) is 12.9. The normalized spacial score (nSPS) is 22.6. The van der Waals surface area contributed by atoms with Crippen LogP contribution in [0, 0.1) is 5.92 Å². The summed E-state index contributed by atoms with van der Waals surface area (Å²) < 4.78 is 5.47. The molecule has 1 aliphatic carbocycles. The minimum Gasteiger partial charge on any atom is -0.493 e. The van der Waals surface area contributed by atoms with Gasteiger partial charge < -0.3 is 14.9 Å². The fraction of sp³-hybridized carbons (Fsp3) is 0.625. The molecule has 104 valence electrons. The molecule has 19 heavy (non-hydrogen) atoms. The molecule has 0 saturated heterocycles. The first-order valence-electron chi connectivity index (χ1n) is 7.37. The molecule has 3 rings (SSSR count). The van der Waals surface area contributed by atoms with E-state index >= 15 is 0 Å². The van der Waals surface area contributed by atoms with Gasteiger partial charge in [-0.3, -0.25) is 0 Å². The van der Waals surface area contributed by atoms with Crippen LogP contribution in [0.4, 0.5) is 0 Å². The molecule has 0 spiro atoms. The zero-order valence-corrected chi connectivity index (χ0v) is 11.2. The molecule has 2 unspecified atom stereocenters. The van der Waals surface area contributed by atoms with Crippen LogP contribution in [0.2, 0.25) is 0 Å². The van der Waals surface area contributed by atoms with Gasteiger partial charge in [0, 0.05) is 6.42 Å². The second-order valence-electron chi connectivity index (χ2n) is 5.80. The average molecular weight is 262 g/mol. The number of ether oxygens (including phenoxy) is 1. The highest BCUT2D eigenvalue weighted by Gasteiger charge is 2.29. The van der Waals surface area contributed by atoms with E-state index in [1.165, 1.54) is 19.3 Å². The molecule has 1 heterocycles. The maximum Gasteiger partial charge on any atom is 0.122 e. The largest absolute Gasteiger partial charge is 0.493 e. The van der Waals surface area contributed by atoms with Gasteiger partial charge in [0.05, 0.1) is 12.7 Å². The summed E-state index contributed by atoms with van der Waals surface area (Å²) in [6.45, 7) is 0.722. The Morgan fingerprint density at radius 2 is 1.89 bits per heavy atom. The van der Waals surface area contributed by atoms with Crippen molar-refractivity contribution in [3.8, 4) is 5.75 Å². The standard InChI is InChI=1S/C16H22O3/c17-15(11-4-2-1-3-5-11)16(18)13-6-7-14-12(10-13)8-9-19-14/h6-7,10-11,15-18H,1-5,8-9H2. The van der Waals surface area contributed by atoms with E-state index in [9.17, 15) is 10.2 Å². The van der Waals surface area contributed by atoms with Crippen molar-refractivity contribution in [2.75, 3.05) is 6.61 Å². The minimum atomic E-state index is -0.769. The van der Waals surface area contributed by atoms with Gasteiger partial charge in [0.2, 0.25) is 0 Å². The van der Waals surface area contributed by atoms with E-state index in [0.29, 0.717) is 0 Å². The van der Waals surface area contributed by atoms with Crippen LogP contribution in [-0.2, 0) is 6.42 Å². The summed E-state index contributed by atoms with van der Waals surface area (Å²) in [5.41, 5.74) is 1.97. The number of hydrogen-bond acceptors (Lipinski definition) is 3. The van der Waals surface area contributed by atoms with Crippen LogP contribution in [0.1, 0.15) is 49.3 Å². The number of fused-ring (bicyclic) bond motifs is 1. The number of hydrogen-bond donors (Lipinski definition) is 2. The average Bonchev–Trinajstić information content (AvgIpc) is 2.94. The van der Waals surface area contributed by atoms with E-state index in [1.54, 1.807) is 0 Å². The molecule has 2 atom stereocenters. The Hall–Kier alpha value is -1.06. The molecule has 1 aliphatic heterocycles. The molecule has 2 aliphatic rings. The van der Waals surface area contributed by atoms with Crippen molar-refractivity contribution < 1.29 is 14.9 Å². The first-order chi connectivity index (χ1) is 9.25. The molecule has 0 amide bonds. The summed E-state index contributed by atoms with van der Waals surface area (Å²) in [6.07, 6.45) is 5.16. The molecular formula is C16H22O3. The monoisotopic (exact) mass is 262 g/mol. The summed E-state index contributed by atoms with van der Waals surface area (Å²) in [5, 5.41) is 20.7. The maximum absolute atomic E-state index is 10.4. The van der Waals surface area contributed by atoms with Gasteiger partial charge in [-0.05, 0) is 42.0 Å². The van der Waals surface area contributed by atoms with E-state index < -0.39 is 12.2 Å². The topological polar surface area (TPSA) is 49.7 Å². The van der Waals surface area contributed by atoms with Crippen LogP contribution in [0.5, 0.6) is 5.75 Å². The Balaban J connectivity index is 1.73. The maximum atomic E-state index is 10.4. The smallest absolute Gasteiger partial charge is 0.122 e. The van der Waals surface area contributed by atoms with Crippen LogP contribution in [0.25, 0.3) is 0 Å². The van der Waals surface area contributed by atoms with Crippen molar-refractivity contribution in [1.29, 1.82) is 0 Å². The quantitative estimate of drug-likeness (QED) is 0.880. The van der Waals surface area contributed by atoms with E-state index in [4.69, 9.17) is 4.74 Å². The predicted octanol–water partition coefficient (Wildman–Crippen LogP) is 2.60. The lowest BCUT2D eigenvalue weighted by Crippen LogP contribution is -2.29. The Labute approximate surface area is 114 Å². The van der Waals surface area contributed by atoms with Gasteiger partial charge in [-0.1, -0.05) is 25.3 Å². The van der Waals surface area contributed by atoms with E-state index in [0.717, 1.165) is 42.7 Å². The molecule has 1 aromatic carbocycles. The van der Waals surface area contributed by atoms with Gasteiger partial charge in [-0.15, -0.1) is 0 Å². The number of benzene rings is 1. The molecule has 1 saturated carbocycles. The number of aliphatic hydroxyl groups is 2. The van der Waals surface area contributed by atoms with E-state index in [-0.39, 0.29) is 5.92 Å². The third-order valence-electron chi connectivity index (χ3n) is 4.51. The van der Waals surface area contributed by atoms with Gasteiger partial charge in [0.15, 0.2) is 0 Å². The molecule has 2 N–H and O–H groups in total. The molecule has 0 radical (unpaired) electrons. The number of rotatable bonds is 3. The Morgan fingerprint density at radius 1 is 1.11 bits per heavy atom. The van der Waals surface area contributed by atoms with Crippen LogP contribution in [-0.4, -0.2) is 22.9 Å². The SMILES string of the molecule is OC(c1ccc2c(c1)CCO2)C(O)C1CCCCC1. The number of aliphatic hydroxyl groups excluding tert-OH is 2. The second kappa shape index (κ2) is 5.51. The van der Waals surface area contributed by atoms with Crippen LogP contribution >= 0.6 is 0 Å². The van der Waals surface area contributed by atoms with E-state index in [2.05, 4.69) is 0 Å². The minimum absolute atomic E-state index is 0.244. The highest BCUT2D eigenvalue weighted by molar-refractivity contribution is 5.40. The summed E-state index contributed by atoms with van der Waals surface area (Å²) >= 11 is 0. The Bertz CT molecular complexity index is 438. The molecular weight excluding hydrogens is 240 g/mol. The van der Waals surface area contributed by atoms with Gasteiger partial charge in [-0.2, -0.15) is 0 Å². The molecule has 3 nitrogen and oxygen atoms in total. The Morgan fingerprint density at radius 3 is 2.68 bits per heavy atom. The van der Waals surface area contributed by atoms with Crippen molar-refractivity contribution in [2.24, 2.45) is 5.92 Å². The fourth-order valence-electron chi connectivity index (χ4n) is 3.32. The highest BCUT2D eigenvalue weighted by Crippen LogP contribution is 2.34. The fourth-order valence-corrected chi connectivity index (χ4v) is 3.32. The van der Waals surface area contributed by atoms with Crippen molar-refractivity contribution in [1.82, 2.24) is 0 Å². The van der Waals surface area contributed by atoms with Crippen molar-refractivity contribution in [3.05, 3.63) is 29.3 Å². The molecule has 1 fully saturated rings.